The van der Waals surface area contributed by atoms with Gasteiger partial charge in [0.25, 0.3) is 0 Å². The van der Waals surface area contributed by atoms with E-state index in [1.807, 2.05) is 13.8 Å². The van der Waals surface area contributed by atoms with Crippen molar-refractivity contribution in [1.29, 1.82) is 0 Å². The van der Waals surface area contributed by atoms with Crippen molar-refractivity contribution in [3.8, 4) is 0 Å². The lowest BCUT2D eigenvalue weighted by molar-refractivity contribution is -0.147. The Bertz CT molecular complexity index is 1030. The molecule has 5 atom stereocenters. The number of nitrogens with zero attached hydrogens (tertiary/aromatic N) is 2. The van der Waals surface area contributed by atoms with E-state index in [1.165, 1.54) is 43.5 Å². The van der Waals surface area contributed by atoms with Gasteiger partial charge in [0.2, 0.25) is 17.7 Å². The van der Waals surface area contributed by atoms with Crippen LogP contribution in [-0.2, 0) is 35.1 Å². The van der Waals surface area contributed by atoms with Gasteiger partial charge in [-0.05, 0) is 51.2 Å². The van der Waals surface area contributed by atoms with Crippen LogP contribution < -0.4 is 10.6 Å². The summed E-state index contributed by atoms with van der Waals surface area (Å²) in [6, 6.07) is -2.20. The number of rotatable bonds is 13. The number of carbonyl (C=O) groups is 5. The van der Waals surface area contributed by atoms with E-state index >= 15 is 0 Å². The first-order valence-corrected chi connectivity index (χ1v) is 13.9. The fourth-order valence-electron chi connectivity index (χ4n) is 3.96. The molecule has 0 bridgehead atoms. The van der Waals surface area contributed by atoms with E-state index in [2.05, 4.69) is 10.6 Å². The zero-order valence-electron chi connectivity index (χ0n) is 26.3. The molecule has 0 saturated heterocycles. The lowest BCUT2D eigenvalue weighted by Crippen LogP contribution is -2.60. The maximum absolute atomic E-state index is 13.8. The van der Waals surface area contributed by atoms with Gasteiger partial charge >= 0.3 is 12.1 Å². The smallest absolute Gasteiger partial charge is 0.410 e. The van der Waals surface area contributed by atoms with Gasteiger partial charge in [0.15, 0.2) is 0 Å². The molecular formula is C29H48N4O8. The van der Waals surface area contributed by atoms with Crippen LogP contribution in [0.15, 0.2) is 23.0 Å². The van der Waals surface area contributed by atoms with Crippen molar-refractivity contribution >= 4 is 29.8 Å². The van der Waals surface area contributed by atoms with Crippen LogP contribution in [0.5, 0.6) is 0 Å². The van der Waals surface area contributed by atoms with Crippen LogP contribution in [0, 0.1) is 11.8 Å². The summed E-state index contributed by atoms with van der Waals surface area (Å²) in [6.45, 7) is 14.0. The van der Waals surface area contributed by atoms with Crippen molar-refractivity contribution in [3.63, 3.8) is 0 Å². The number of furan rings is 1. The topological polar surface area (TPSA) is 147 Å². The molecule has 0 aliphatic rings. The molecule has 12 nitrogen and oxygen atoms in total. The third-order valence-corrected chi connectivity index (χ3v) is 6.96. The van der Waals surface area contributed by atoms with Crippen LogP contribution in [0.4, 0.5) is 4.79 Å². The third kappa shape index (κ3) is 10.4. The Morgan fingerprint density at radius 2 is 1.54 bits per heavy atom. The molecule has 41 heavy (non-hydrogen) atoms. The summed E-state index contributed by atoms with van der Waals surface area (Å²) in [6.07, 6.45) is 2.90. The molecule has 1 aromatic heterocycles. The first kappa shape index (κ1) is 35.5. The van der Waals surface area contributed by atoms with Crippen molar-refractivity contribution in [2.45, 2.75) is 98.0 Å². The third-order valence-electron chi connectivity index (χ3n) is 6.96. The van der Waals surface area contributed by atoms with E-state index in [0.717, 1.165) is 0 Å². The van der Waals surface area contributed by atoms with E-state index in [9.17, 15) is 24.0 Å². The van der Waals surface area contributed by atoms with E-state index in [1.54, 1.807) is 47.6 Å². The van der Waals surface area contributed by atoms with Gasteiger partial charge in [0, 0.05) is 20.5 Å². The Balaban J connectivity index is 3.27. The molecule has 0 unspecified atom stereocenters. The first-order valence-electron chi connectivity index (χ1n) is 13.9. The molecule has 2 N–H and O–H groups in total. The minimum Gasteiger partial charge on any atom is -0.472 e. The molecule has 0 aromatic carbocycles. The fourth-order valence-corrected chi connectivity index (χ4v) is 3.96. The Morgan fingerprint density at radius 3 is 2.00 bits per heavy atom. The Labute approximate surface area is 243 Å². The summed E-state index contributed by atoms with van der Waals surface area (Å²) in [5.74, 6) is -2.75. The molecule has 0 radical (unpaired) electrons. The predicted molar refractivity (Wildman–Crippen MR) is 153 cm³/mol. The largest absolute Gasteiger partial charge is 0.472 e. The number of ether oxygens (including phenoxy) is 2. The maximum atomic E-state index is 13.8. The zero-order valence-corrected chi connectivity index (χ0v) is 26.3. The zero-order chi connectivity index (χ0) is 31.7. The Kier molecular flexibility index (Phi) is 13.3. The molecule has 4 amide bonds. The number of hydrogen-bond acceptors (Lipinski definition) is 8. The molecule has 12 heteroatoms. The van der Waals surface area contributed by atoms with Gasteiger partial charge in [0.05, 0.1) is 19.6 Å². The predicted octanol–water partition coefficient (Wildman–Crippen LogP) is 2.75. The van der Waals surface area contributed by atoms with Crippen molar-refractivity contribution in [1.82, 2.24) is 20.4 Å². The van der Waals surface area contributed by atoms with Gasteiger partial charge in [0.1, 0.15) is 29.8 Å². The molecule has 1 heterocycles. The number of methoxy groups -OCH3 is 1. The van der Waals surface area contributed by atoms with E-state index in [4.69, 9.17) is 13.9 Å². The number of esters is 1. The molecule has 0 saturated carbocycles. The maximum Gasteiger partial charge on any atom is 0.410 e. The van der Waals surface area contributed by atoms with Crippen LogP contribution in [0.2, 0.25) is 0 Å². The average molecular weight is 581 g/mol. The number of amides is 4. The van der Waals surface area contributed by atoms with Gasteiger partial charge in [-0.2, -0.15) is 0 Å². The fraction of sp³-hybridized carbons (Fsp3) is 0.690. The monoisotopic (exact) mass is 580 g/mol. The highest BCUT2D eigenvalue weighted by Crippen LogP contribution is 2.17. The Morgan fingerprint density at radius 1 is 0.951 bits per heavy atom. The highest BCUT2D eigenvalue weighted by atomic mass is 16.6. The van der Waals surface area contributed by atoms with Gasteiger partial charge in [-0.3, -0.25) is 19.3 Å². The summed E-state index contributed by atoms with van der Waals surface area (Å²) < 4.78 is 15.4. The van der Waals surface area contributed by atoms with Crippen LogP contribution >= 0.6 is 0 Å². The van der Waals surface area contributed by atoms with Crippen molar-refractivity contribution < 1.29 is 37.9 Å². The molecule has 0 aliphatic heterocycles. The van der Waals surface area contributed by atoms with Crippen LogP contribution in [-0.4, -0.2) is 90.6 Å². The highest BCUT2D eigenvalue weighted by Gasteiger charge is 2.37. The molecule has 0 spiro atoms. The summed E-state index contributed by atoms with van der Waals surface area (Å²) in [5.41, 5.74) is -0.0920. The molecule has 1 aromatic rings. The quantitative estimate of drug-likeness (QED) is 0.339. The van der Waals surface area contributed by atoms with Gasteiger partial charge in [-0.25, -0.2) is 9.59 Å². The van der Waals surface area contributed by atoms with Crippen molar-refractivity contribution in [2.75, 3.05) is 21.2 Å². The van der Waals surface area contributed by atoms with Crippen LogP contribution in [0.25, 0.3) is 0 Å². The van der Waals surface area contributed by atoms with E-state index in [-0.39, 0.29) is 18.3 Å². The second-order valence-electron chi connectivity index (χ2n) is 11.7. The minimum absolute atomic E-state index is 0.0963. The SMILES string of the molecule is CC[C@H](C)[C@@H](NC(=O)[C@@H](Cc1ccoc1)N(C)C(=O)[C@H](C)N(C)C(=O)OC(C)(C)C)C(=O)N[C@@H](C(=O)OC)C(C)C. The van der Waals surface area contributed by atoms with Crippen LogP contribution in [0.1, 0.15) is 67.4 Å². The van der Waals surface area contributed by atoms with Crippen LogP contribution in [0.3, 0.4) is 0 Å². The summed E-state index contributed by atoms with van der Waals surface area (Å²) in [7, 11) is 4.16. The summed E-state index contributed by atoms with van der Waals surface area (Å²) >= 11 is 0. The van der Waals surface area contributed by atoms with Crippen molar-refractivity contribution in [2.24, 2.45) is 11.8 Å². The second-order valence-corrected chi connectivity index (χ2v) is 11.7. The first-order chi connectivity index (χ1) is 18.9. The number of nitrogens with one attached hydrogen (secondary N) is 2. The molecular weight excluding hydrogens is 532 g/mol. The highest BCUT2D eigenvalue weighted by molar-refractivity contribution is 5.95. The molecule has 232 valence electrons. The lowest BCUT2D eigenvalue weighted by atomic mass is 9.95. The number of likely N-dealkylation sites (N-methyl/N-ethyl adjacent to an activating group) is 2. The van der Waals surface area contributed by atoms with E-state index < -0.39 is 59.6 Å². The van der Waals surface area contributed by atoms with Gasteiger partial charge in [-0.1, -0.05) is 34.1 Å². The number of hydrogen-bond donors (Lipinski definition) is 2. The average Bonchev–Trinajstić information content (AvgIpc) is 3.42. The lowest BCUT2D eigenvalue weighted by Gasteiger charge is -2.34. The standard InChI is InChI=1S/C29H48N4O8/c1-12-18(4)23(25(35)30-22(17(2)3)27(37)39-11)31-24(34)21(15-20-13-14-40-16-20)33(10)26(36)19(5)32(9)28(38)41-29(6,7)8/h13-14,16-19,21-23H,12,15H2,1-11H3,(H,30,35)(H,31,34)/t18-,19-,21+,22+,23+/m0/s1. The van der Waals surface area contributed by atoms with E-state index in [0.29, 0.717) is 12.0 Å². The Hall–Kier alpha value is -3.57. The molecule has 0 fully saturated rings. The normalized spacial score (nSPS) is 15.1. The van der Waals surface area contributed by atoms with Crippen molar-refractivity contribution in [3.05, 3.63) is 24.2 Å². The minimum atomic E-state index is -1.05. The molecule has 1 rings (SSSR count). The summed E-state index contributed by atoms with van der Waals surface area (Å²) in [5, 5.41) is 5.51. The molecule has 0 aliphatic carbocycles. The number of carbonyl (C=O) groups excluding carboxylic acids is 5. The summed E-state index contributed by atoms with van der Waals surface area (Å²) in [4.78, 5) is 67.9. The second kappa shape index (κ2) is 15.4. The van der Waals surface area contributed by atoms with Gasteiger partial charge in [-0.15, -0.1) is 0 Å². The van der Waals surface area contributed by atoms with Gasteiger partial charge < -0.3 is 29.4 Å².